The average Bonchev–Trinajstić information content (AvgIpc) is 2.28. The first-order chi connectivity index (χ1) is 8.42. The van der Waals surface area contributed by atoms with Crippen LogP contribution in [0.2, 0.25) is 5.02 Å². The highest BCUT2D eigenvalue weighted by atomic mass is 35.5. The van der Waals surface area contributed by atoms with Crippen molar-refractivity contribution in [3.63, 3.8) is 0 Å². The van der Waals surface area contributed by atoms with Gasteiger partial charge in [-0.15, -0.1) is 0 Å². The molecule has 0 aliphatic carbocycles. The van der Waals surface area contributed by atoms with Crippen LogP contribution < -0.4 is 0 Å². The third-order valence-corrected chi connectivity index (χ3v) is 4.54. The minimum Gasteiger partial charge on any atom is -0.481 e. The summed E-state index contributed by atoms with van der Waals surface area (Å²) in [6.07, 6.45) is 1.66. The van der Waals surface area contributed by atoms with Crippen molar-refractivity contribution in [1.82, 2.24) is 0 Å². The quantitative estimate of drug-likeness (QED) is 0.784. The van der Waals surface area contributed by atoms with Crippen molar-refractivity contribution >= 4 is 27.4 Å². The van der Waals surface area contributed by atoms with Crippen molar-refractivity contribution in [3.8, 4) is 0 Å². The number of halogens is 1. The van der Waals surface area contributed by atoms with Gasteiger partial charge in [0.25, 0.3) is 0 Å². The maximum absolute atomic E-state index is 11.9. The summed E-state index contributed by atoms with van der Waals surface area (Å²) in [6, 6.07) is 6.04. The number of carbonyl (C=O) groups is 1. The molecule has 0 radical (unpaired) electrons. The molecule has 0 fully saturated rings. The van der Waals surface area contributed by atoms with Crippen molar-refractivity contribution in [2.75, 3.05) is 5.75 Å². The first-order valence-corrected chi connectivity index (χ1v) is 7.65. The third-order valence-electron chi connectivity index (χ3n) is 2.48. The predicted octanol–water partition coefficient (Wildman–Crippen LogP) is 2.76. The molecule has 0 aromatic heterocycles. The second-order valence-corrected chi connectivity index (χ2v) is 6.52. The molecule has 0 amide bonds. The van der Waals surface area contributed by atoms with E-state index in [9.17, 15) is 13.2 Å². The van der Waals surface area contributed by atoms with Gasteiger partial charge in [0.1, 0.15) is 0 Å². The number of sulfone groups is 1. The lowest BCUT2D eigenvalue weighted by Gasteiger charge is -2.04. The van der Waals surface area contributed by atoms with E-state index in [0.717, 1.165) is 0 Å². The molecule has 4 nitrogen and oxygen atoms in total. The number of unbranched alkanes of at least 4 members (excludes halogenated alkanes) is 2. The Bertz CT molecular complexity index is 493. The van der Waals surface area contributed by atoms with Crippen LogP contribution in [0.3, 0.4) is 0 Å². The van der Waals surface area contributed by atoms with Crippen molar-refractivity contribution < 1.29 is 18.3 Å². The lowest BCUT2D eigenvalue weighted by atomic mass is 10.2. The fraction of sp³-hybridized carbons (Fsp3) is 0.417. The highest BCUT2D eigenvalue weighted by Gasteiger charge is 2.13. The molecule has 1 aromatic rings. The van der Waals surface area contributed by atoms with E-state index in [-0.39, 0.29) is 17.1 Å². The molecule has 1 rings (SSSR count). The first kappa shape index (κ1) is 15.0. The highest BCUT2D eigenvalue weighted by molar-refractivity contribution is 7.91. The summed E-state index contributed by atoms with van der Waals surface area (Å²) in [5.41, 5.74) is 0. The molecule has 0 saturated heterocycles. The molecular formula is C12H15ClO4S. The second kappa shape index (κ2) is 6.75. The van der Waals surface area contributed by atoms with Crippen LogP contribution in [0.1, 0.15) is 25.7 Å². The summed E-state index contributed by atoms with van der Waals surface area (Å²) < 4.78 is 23.8. The van der Waals surface area contributed by atoms with Gasteiger partial charge in [-0.3, -0.25) is 4.79 Å². The number of hydrogen-bond donors (Lipinski definition) is 1. The smallest absolute Gasteiger partial charge is 0.303 e. The van der Waals surface area contributed by atoms with Crippen LogP contribution in [0.25, 0.3) is 0 Å². The summed E-state index contributed by atoms with van der Waals surface area (Å²) in [6.45, 7) is 0. The number of aliphatic carboxylic acids is 1. The number of hydrogen-bond acceptors (Lipinski definition) is 3. The highest BCUT2D eigenvalue weighted by Crippen LogP contribution is 2.16. The van der Waals surface area contributed by atoms with Gasteiger partial charge in [-0.05, 0) is 37.1 Å². The first-order valence-electron chi connectivity index (χ1n) is 5.62. The molecule has 6 heteroatoms. The monoisotopic (exact) mass is 290 g/mol. The molecule has 0 unspecified atom stereocenters. The van der Waals surface area contributed by atoms with Gasteiger partial charge in [0.05, 0.1) is 10.6 Å². The molecule has 100 valence electrons. The summed E-state index contributed by atoms with van der Waals surface area (Å²) in [5.74, 6) is -0.815. The number of benzene rings is 1. The van der Waals surface area contributed by atoms with E-state index in [1.54, 1.807) is 12.1 Å². The van der Waals surface area contributed by atoms with Crippen molar-refractivity contribution in [2.45, 2.75) is 30.6 Å². The zero-order chi connectivity index (χ0) is 13.6. The summed E-state index contributed by atoms with van der Waals surface area (Å²) in [4.78, 5) is 10.5. The average molecular weight is 291 g/mol. The van der Waals surface area contributed by atoms with E-state index < -0.39 is 15.8 Å². The van der Waals surface area contributed by atoms with Crippen LogP contribution in [0.5, 0.6) is 0 Å². The van der Waals surface area contributed by atoms with E-state index in [1.165, 1.54) is 12.1 Å². The van der Waals surface area contributed by atoms with Gasteiger partial charge in [-0.25, -0.2) is 8.42 Å². The molecule has 0 atom stereocenters. The number of rotatable bonds is 7. The van der Waals surface area contributed by atoms with Crippen LogP contribution in [0, 0.1) is 0 Å². The fourth-order valence-corrected chi connectivity index (χ4v) is 3.00. The number of carboxylic acid groups (broad SMARTS) is 1. The topological polar surface area (TPSA) is 71.4 Å². The summed E-state index contributed by atoms with van der Waals surface area (Å²) in [7, 11) is -3.28. The Labute approximate surface area is 112 Å². The third kappa shape index (κ3) is 5.06. The van der Waals surface area contributed by atoms with Crippen LogP contribution in [-0.4, -0.2) is 25.2 Å². The zero-order valence-electron chi connectivity index (χ0n) is 9.80. The van der Waals surface area contributed by atoms with Crippen LogP contribution >= 0.6 is 11.6 Å². The molecule has 0 spiro atoms. The van der Waals surface area contributed by atoms with E-state index in [1.807, 2.05) is 0 Å². The molecule has 0 heterocycles. The van der Waals surface area contributed by atoms with E-state index >= 15 is 0 Å². The molecule has 1 aromatic carbocycles. The molecule has 18 heavy (non-hydrogen) atoms. The van der Waals surface area contributed by atoms with Crippen LogP contribution in [-0.2, 0) is 14.6 Å². The Kier molecular flexibility index (Phi) is 5.62. The Hall–Kier alpha value is -1.07. The lowest BCUT2D eigenvalue weighted by Crippen LogP contribution is -2.07. The van der Waals surface area contributed by atoms with Gasteiger partial charge in [0.15, 0.2) is 9.84 Å². The van der Waals surface area contributed by atoms with Gasteiger partial charge in [-0.2, -0.15) is 0 Å². The Morgan fingerprint density at radius 2 is 1.72 bits per heavy atom. The van der Waals surface area contributed by atoms with Crippen LogP contribution in [0.15, 0.2) is 29.2 Å². The maximum atomic E-state index is 11.9. The summed E-state index contributed by atoms with van der Waals surface area (Å²) in [5, 5.41) is 8.94. The van der Waals surface area contributed by atoms with E-state index in [4.69, 9.17) is 16.7 Å². The van der Waals surface area contributed by atoms with Gasteiger partial charge in [0.2, 0.25) is 0 Å². The summed E-state index contributed by atoms with van der Waals surface area (Å²) >= 11 is 5.69. The zero-order valence-corrected chi connectivity index (χ0v) is 11.4. The van der Waals surface area contributed by atoms with Gasteiger partial charge < -0.3 is 5.11 Å². The molecule has 0 saturated carbocycles. The number of carboxylic acids is 1. The Morgan fingerprint density at radius 1 is 1.11 bits per heavy atom. The lowest BCUT2D eigenvalue weighted by molar-refractivity contribution is -0.137. The predicted molar refractivity (Wildman–Crippen MR) is 69.6 cm³/mol. The molecule has 0 bridgehead atoms. The largest absolute Gasteiger partial charge is 0.481 e. The normalized spacial score (nSPS) is 11.4. The standard InChI is InChI=1S/C12H15ClO4S/c13-10-5-7-11(8-6-10)18(16,17)9-3-1-2-4-12(14)15/h5-8H,1-4,9H2,(H,14,15). The minimum atomic E-state index is -3.28. The molecular weight excluding hydrogens is 276 g/mol. The fourth-order valence-electron chi connectivity index (χ4n) is 1.50. The maximum Gasteiger partial charge on any atom is 0.303 e. The van der Waals surface area contributed by atoms with Gasteiger partial charge in [-0.1, -0.05) is 18.0 Å². The SMILES string of the molecule is O=C(O)CCCCCS(=O)(=O)c1ccc(Cl)cc1. The molecule has 0 aliphatic heterocycles. The van der Waals surface area contributed by atoms with Crippen molar-refractivity contribution in [2.24, 2.45) is 0 Å². The Morgan fingerprint density at radius 3 is 2.28 bits per heavy atom. The van der Waals surface area contributed by atoms with Gasteiger partial charge in [0, 0.05) is 11.4 Å². The molecule has 0 aliphatic rings. The van der Waals surface area contributed by atoms with Crippen molar-refractivity contribution in [3.05, 3.63) is 29.3 Å². The van der Waals surface area contributed by atoms with E-state index in [2.05, 4.69) is 0 Å². The van der Waals surface area contributed by atoms with E-state index in [0.29, 0.717) is 24.3 Å². The Balaban J connectivity index is 2.45. The van der Waals surface area contributed by atoms with Crippen LogP contribution in [0.4, 0.5) is 0 Å². The second-order valence-electron chi connectivity index (χ2n) is 3.98. The van der Waals surface area contributed by atoms with Gasteiger partial charge >= 0.3 is 5.97 Å². The molecule has 1 N–H and O–H groups in total. The van der Waals surface area contributed by atoms with Crippen molar-refractivity contribution in [1.29, 1.82) is 0 Å². The minimum absolute atomic E-state index is 0.0360.